The fourth-order valence-corrected chi connectivity index (χ4v) is 3.64. The predicted octanol–water partition coefficient (Wildman–Crippen LogP) is 2.16. The summed E-state index contributed by atoms with van der Waals surface area (Å²) in [5.41, 5.74) is 3.55. The van der Waals surface area contributed by atoms with Crippen LogP contribution in [0.4, 0.5) is 0 Å². The number of likely N-dealkylation sites (tertiary alicyclic amines) is 1. The number of nitrogens with zero attached hydrogens (tertiary/aromatic N) is 7. The average Bonchev–Trinajstić information content (AvgIpc) is 3.48. The van der Waals surface area contributed by atoms with Gasteiger partial charge in [0.1, 0.15) is 17.8 Å². The van der Waals surface area contributed by atoms with Gasteiger partial charge >= 0.3 is 0 Å². The second-order valence-corrected chi connectivity index (χ2v) is 6.97. The van der Waals surface area contributed by atoms with E-state index in [1.807, 2.05) is 70.4 Å². The highest BCUT2D eigenvalue weighted by molar-refractivity contribution is 5.80. The summed E-state index contributed by atoms with van der Waals surface area (Å²) in [6.07, 6.45) is 2.82. The molecule has 0 unspecified atom stereocenters. The second-order valence-electron chi connectivity index (χ2n) is 6.97. The Labute approximate surface area is 161 Å². The molecule has 5 rings (SSSR count). The molecule has 8 heteroatoms. The van der Waals surface area contributed by atoms with Gasteiger partial charge < -0.3 is 4.90 Å². The summed E-state index contributed by atoms with van der Waals surface area (Å²) in [7, 11) is 0. The lowest BCUT2D eigenvalue weighted by Crippen LogP contribution is -2.32. The van der Waals surface area contributed by atoms with Gasteiger partial charge in [0.05, 0.1) is 17.8 Å². The van der Waals surface area contributed by atoms with Gasteiger partial charge in [-0.3, -0.25) is 4.79 Å². The Hall–Kier alpha value is -3.55. The van der Waals surface area contributed by atoms with Gasteiger partial charge in [-0.2, -0.15) is 0 Å². The zero-order chi connectivity index (χ0) is 18.9. The van der Waals surface area contributed by atoms with Crippen molar-refractivity contribution in [1.82, 2.24) is 34.9 Å². The number of benzene rings is 2. The minimum absolute atomic E-state index is 0.0431. The van der Waals surface area contributed by atoms with E-state index in [0.29, 0.717) is 13.1 Å². The number of carbonyl (C=O) groups is 1. The van der Waals surface area contributed by atoms with Crippen molar-refractivity contribution < 1.29 is 4.79 Å². The maximum Gasteiger partial charge on any atom is 0.244 e. The van der Waals surface area contributed by atoms with Crippen LogP contribution < -0.4 is 0 Å². The minimum atomic E-state index is 0.0431. The van der Waals surface area contributed by atoms with E-state index < -0.39 is 0 Å². The van der Waals surface area contributed by atoms with E-state index in [4.69, 9.17) is 0 Å². The monoisotopic (exact) mass is 373 g/mol. The molecule has 4 aromatic rings. The third-order valence-corrected chi connectivity index (χ3v) is 5.18. The summed E-state index contributed by atoms with van der Waals surface area (Å²) in [5, 5.41) is 16.8. The maximum atomic E-state index is 12.8. The molecule has 0 saturated carbocycles. The van der Waals surface area contributed by atoms with Gasteiger partial charge in [-0.05, 0) is 18.6 Å². The molecular formula is C20H19N7O. The quantitative estimate of drug-likeness (QED) is 0.548. The summed E-state index contributed by atoms with van der Waals surface area (Å²) in [6, 6.07) is 17.8. The lowest BCUT2D eigenvalue weighted by atomic mass is 10.2. The number of carbonyl (C=O) groups excluding carboxylic acids is 1. The van der Waals surface area contributed by atoms with Crippen LogP contribution in [0.3, 0.4) is 0 Å². The van der Waals surface area contributed by atoms with Crippen LogP contribution in [-0.2, 0) is 11.3 Å². The molecule has 0 radical (unpaired) electrons. The normalized spacial score (nSPS) is 16.7. The van der Waals surface area contributed by atoms with Gasteiger partial charge in [-0.25, -0.2) is 9.36 Å². The molecule has 0 N–H and O–H groups in total. The number of hydrogen-bond acceptors (Lipinski definition) is 5. The van der Waals surface area contributed by atoms with E-state index >= 15 is 0 Å². The molecule has 1 atom stereocenters. The molecule has 0 aliphatic carbocycles. The van der Waals surface area contributed by atoms with Crippen molar-refractivity contribution in [2.24, 2.45) is 0 Å². The van der Waals surface area contributed by atoms with Crippen LogP contribution in [0.1, 0.15) is 12.5 Å². The second kappa shape index (κ2) is 6.88. The van der Waals surface area contributed by atoms with E-state index in [1.165, 1.54) is 0 Å². The van der Waals surface area contributed by atoms with Crippen LogP contribution in [0.15, 0.2) is 60.8 Å². The Morgan fingerprint density at radius 1 is 1.00 bits per heavy atom. The molecule has 8 nitrogen and oxygen atoms in total. The number of aromatic nitrogens is 6. The first-order valence-corrected chi connectivity index (χ1v) is 9.31. The zero-order valence-electron chi connectivity index (χ0n) is 15.2. The van der Waals surface area contributed by atoms with E-state index in [1.54, 1.807) is 4.68 Å². The molecule has 0 spiro atoms. The van der Waals surface area contributed by atoms with E-state index in [-0.39, 0.29) is 18.5 Å². The van der Waals surface area contributed by atoms with Crippen molar-refractivity contribution in [3.63, 3.8) is 0 Å². The maximum absolute atomic E-state index is 12.8. The fraction of sp³-hybridized carbons (Fsp3) is 0.250. The SMILES string of the molecule is O=C(Cn1nnc2ccccc21)N1CC[C@@H](n2cc(-c3ccccc3)nn2)C1. The molecule has 2 aromatic carbocycles. The van der Waals surface area contributed by atoms with Gasteiger partial charge in [0.25, 0.3) is 0 Å². The van der Waals surface area contributed by atoms with Crippen molar-refractivity contribution in [1.29, 1.82) is 0 Å². The highest BCUT2D eigenvalue weighted by atomic mass is 16.2. The van der Waals surface area contributed by atoms with Crippen LogP contribution in [0.25, 0.3) is 22.3 Å². The summed E-state index contributed by atoms with van der Waals surface area (Å²) >= 11 is 0. The van der Waals surface area contributed by atoms with Crippen molar-refractivity contribution in [3.8, 4) is 11.3 Å². The van der Waals surface area contributed by atoms with Crippen LogP contribution in [-0.4, -0.2) is 53.9 Å². The van der Waals surface area contributed by atoms with E-state index in [9.17, 15) is 4.79 Å². The molecule has 1 amide bonds. The first kappa shape index (κ1) is 16.6. The summed E-state index contributed by atoms with van der Waals surface area (Å²) in [5.74, 6) is 0.0431. The van der Waals surface area contributed by atoms with Gasteiger partial charge in [0, 0.05) is 18.7 Å². The van der Waals surface area contributed by atoms with E-state index in [0.717, 1.165) is 28.7 Å². The van der Waals surface area contributed by atoms with Gasteiger partial charge in [0.15, 0.2) is 0 Å². The third kappa shape index (κ3) is 3.02. The predicted molar refractivity (Wildman–Crippen MR) is 103 cm³/mol. The fourth-order valence-electron chi connectivity index (χ4n) is 3.64. The molecule has 1 saturated heterocycles. The van der Waals surface area contributed by atoms with Crippen molar-refractivity contribution >= 4 is 16.9 Å². The third-order valence-electron chi connectivity index (χ3n) is 5.18. The number of rotatable bonds is 4. The number of para-hydroxylation sites is 1. The Morgan fingerprint density at radius 3 is 2.71 bits per heavy atom. The van der Waals surface area contributed by atoms with E-state index in [2.05, 4.69) is 20.6 Å². The van der Waals surface area contributed by atoms with Crippen LogP contribution in [0, 0.1) is 0 Å². The smallest absolute Gasteiger partial charge is 0.244 e. The largest absolute Gasteiger partial charge is 0.339 e. The summed E-state index contributed by atoms with van der Waals surface area (Å²) in [6.45, 7) is 1.53. The Kier molecular flexibility index (Phi) is 4.08. The number of amides is 1. The topological polar surface area (TPSA) is 81.7 Å². The molecule has 1 aliphatic heterocycles. The Morgan fingerprint density at radius 2 is 1.82 bits per heavy atom. The van der Waals surface area contributed by atoms with Crippen LogP contribution in [0.5, 0.6) is 0 Å². The summed E-state index contributed by atoms with van der Waals surface area (Å²) < 4.78 is 3.54. The first-order chi connectivity index (χ1) is 13.8. The minimum Gasteiger partial charge on any atom is -0.339 e. The van der Waals surface area contributed by atoms with Crippen LogP contribution in [0.2, 0.25) is 0 Å². The average molecular weight is 373 g/mol. The molecule has 140 valence electrons. The van der Waals surface area contributed by atoms with Gasteiger partial charge in [0.2, 0.25) is 5.91 Å². The van der Waals surface area contributed by atoms with Crippen molar-refractivity contribution in [2.45, 2.75) is 19.0 Å². The molecule has 2 aromatic heterocycles. The highest BCUT2D eigenvalue weighted by Gasteiger charge is 2.28. The molecule has 3 heterocycles. The highest BCUT2D eigenvalue weighted by Crippen LogP contribution is 2.24. The lowest BCUT2D eigenvalue weighted by molar-refractivity contribution is -0.131. The molecule has 28 heavy (non-hydrogen) atoms. The molecule has 0 bridgehead atoms. The standard InChI is InChI=1S/C20H19N7O/c28-20(14-27-19-9-5-4-8-17(19)21-24-27)25-11-10-16(12-25)26-13-18(22-23-26)15-6-2-1-3-7-15/h1-9,13,16H,10-12,14H2/t16-/m1/s1. The Balaban J connectivity index is 1.27. The number of hydrogen-bond donors (Lipinski definition) is 0. The molecular weight excluding hydrogens is 354 g/mol. The molecule has 1 fully saturated rings. The Bertz CT molecular complexity index is 1120. The lowest BCUT2D eigenvalue weighted by Gasteiger charge is -2.16. The van der Waals surface area contributed by atoms with Gasteiger partial charge in [-0.1, -0.05) is 52.9 Å². The zero-order valence-corrected chi connectivity index (χ0v) is 15.2. The van der Waals surface area contributed by atoms with Gasteiger partial charge in [-0.15, -0.1) is 10.2 Å². The summed E-state index contributed by atoms with van der Waals surface area (Å²) in [4.78, 5) is 14.6. The number of fused-ring (bicyclic) bond motifs is 1. The first-order valence-electron chi connectivity index (χ1n) is 9.31. The van der Waals surface area contributed by atoms with Crippen molar-refractivity contribution in [2.75, 3.05) is 13.1 Å². The van der Waals surface area contributed by atoms with Crippen molar-refractivity contribution in [3.05, 3.63) is 60.8 Å². The van der Waals surface area contributed by atoms with Crippen LogP contribution >= 0.6 is 0 Å². The molecule has 1 aliphatic rings.